The Morgan fingerprint density at radius 2 is 1.81 bits per heavy atom. The topological polar surface area (TPSA) is 60.2 Å². The largest absolute Gasteiger partial charge is 0.330 e. The third-order valence-corrected chi connectivity index (χ3v) is 5.39. The molecule has 1 fully saturated rings. The zero-order valence-corrected chi connectivity index (χ0v) is 10.3. The van der Waals surface area contributed by atoms with Crippen LogP contribution in [-0.2, 0) is 21.0 Å². The summed E-state index contributed by atoms with van der Waals surface area (Å²) in [5.41, 5.74) is 7.56. The Morgan fingerprint density at radius 1 is 1.25 bits per heavy atom. The molecule has 88 valence electrons. The van der Waals surface area contributed by atoms with Crippen LogP contribution in [0, 0.1) is 0 Å². The van der Waals surface area contributed by atoms with Gasteiger partial charge in [-0.25, -0.2) is 8.42 Å². The normalized spacial score (nSPS) is 18.4. The molecule has 1 aromatic rings. The van der Waals surface area contributed by atoms with Crippen molar-refractivity contribution in [1.82, 2.24) is 0 Å². The van der Waals surface area contributed by atoms with E-state index in [1.54, 1.807) is 0 Å². The van der Waals surface area contributed by atoms with Gasteiger partial charge in [0.25, 0.3) is 0 Å². The van der Waals surface area contributed by atoms with Crippen LogP contribution in [0.4, 0.5) is 0 Å². The van der Waals surface area contributed by atoms with Gasteiger partial charge in [0.15, 0.2) is 9.84 Å². The molecule has 1 saturated carbocycles. The van der Waals surface area contributed by atoms with Gasteiger partial charge in [-0.15, -0.1) is 0 Å². The summed E-state index contributed by atoms with van der Waals surface area (Å²) >= 11 is 0. The SMILES string of the molecule is CS(=O)(=O)C1(c2ccc(CCN)cc2)CC1. The van der Waals surface area contributed by atoms with Gasteiger partial charge in [0.05, 0.1) is 4.75 Å². The van der Waals surface area contributed by atoms with E-state index in [0.29, 0.717) is 6.54 Å². The van der Waals surface area contributed by atoms with Gasteiger partial charge in [0.1, 0.15) is 0 Å². The minimum absolute atomic E-state index is 0.589. The van der Waals surface area contributed by atoms with E-state index in [-0.39, 0.29) is 0 Å². The molecule has 1 aliphatic carbocycles. The van der Waals surface area contributed by atoms with Crippen LogP contribution in [0.3, 0.4) is 0 Å². The minimum Gasteiger partial charge on any atom is -0.330 e. The molecule has 1 aromatic carbocycles. The third-order valence-electron chi connectivity index (χ3n) is 3.33. The highest BCUT2D eigenvalue weighted by Gasteiger charge is 2.53. The van der Waals surface area contributed by atoms with Gasteiger partial charge >= 0.3 is 0 Å². The molecule has 0 aromatic heterocycles. The van der Waals surface area contributed by atoms with Gasteiger partial charge in [0, 0.05) is 6.26 Å². The van der Waals surface area contributed by atoms with Gasteiger partial charge in [-0.1, -0.05) is 24.3 Å². The summed E-state index contributed by atoms with van der Waals surface area (Å²) in [4.78, 5) is 0. The van der Waals surface area contributed by atoms with E-state index < -0.39 is 14.6 Å². The molecule has 0 spiro atoms. The zero-order chi connectivity index (χ0) is 11.8. The van der Waals surface area contributed by atoms with E-state index in [2.05, 4.69) is 0 Å². The van der Waals surface area contributed by atoms with Crippen molar-refractivity contribution < 1.29 is 8.42 Å². The highest BCUT2D eigenvalue weighted by molar-refractivity contribution is 7.92. The summed E-state index contributed by atoms with van der Waals surface area (Å²) < 4.78 is 22.8. The molecule has 0 saturated heterocycles. The fourth-order valence-electron chi connectivity index (χ4n) is 2.13. The fourth-order valence-corrected chi connectivity index (χ4v) is 3.54. The van der Waals surface area contributed by atoms with Crippen molar-refractivity contribution in [2.45, 2.75) is 24.0 Å². The summed E-state index contributed by atoms with van der Waals surface area (Å²) in [6.07, 6.45) is 3.67. The van der Waals surface area contributed by atoms with Crippen molar-refractivity contribution in [2.75, 3.05) is 12.8 Å². The molecule has 4 heteroatoms. The van der Waals surface area contributed by atoms with E-state index in [9.17, 15) is 8.42 Å². The second kappa shape index (κ2) is 3.86. The quantitative estimate of drug-likeness (QED) is 0.859. The summed E-state index contributed by atoms with van der Waals surface area (Å²) in [6, 6.07) is 7.82. The molecule has 0 radical (unpaired) electrons. The maximum atomic E-state index is 11.7. The highest BCUT2D eigenvalue weighted by Crippen LogP contribution is 2.52. The average Bonchev–Trinajstić information content (AvgIpc) is 2.99. The minimum atomic E-state index is -2.99. The predicted molar refractivity (Wildman–Crippen MR) is 65.0 cm³/mol. The van der Waals surface area contributed by atoms with Crippen molar-refractivity contribution in [2.24, 2.45) is 5.73 Å². The van der Waals surface area contributed by atoms with Crippen LogP contribution < -0.4 is 5.73 Å². The number of nitrogens with two attached hydrogens (primary N) is 1. The van der Waals surface area contributed by atoms with Crippen molar-refractivity contribution in [3.63, 3.8) is 0 Å². The number of sulfone groups is 1. The Hall–Kier alpha value is -0.870. The van der Waals surface area contributed by atoms with Crippen LogP contribution in [0.5, 0.6) is 0 Å². The van der Waals surface area contributed by atoms with Crippen molar-refractivity contribution in [1.29, 1.82) is 0 Å². The molecular weight excluding hydrogens is 222 g/mol. The second-order valence-corrected chi connectivity index (χ2v) is 6.83. The number of hydrogen-bond donors (Lipinski definition) is 1. The Kier molecular flexibility index (Phi) is 2.80. The Morgan fingerprint density at radius 3 is 2.19 bits per heavy atom. The maximum absolute atomic E-state index is 11.7. The lowest BCUT2D eigenvalue weighted by atomic mass is 10.1. The average molecular weight is 239 g/mol. The van der Waals surface area contributed by atoms with Crippen LogP contribution in [0.25, 0.3) is 0 Å². The van der Waals surface area contributed by atoms with Crippen LogP contribution in [0.2, 0.25) is 0 Å². The molecule has 2 rings (SSSR count). The van der Waals surface area contributed by atoms with E-state index in [1.807, 2.05) is 24.3 Å². The molecule has 0 atom stereocenters. The molecule has 0 unspecified atom stereocenters. The number of hydrogen-bond acceptors (Lipinski definition) is 3. The van der Waals surface area contributed by atoms with Gasteiger partial charge in [-0.2, -0.15) is 0 Å². The first-order valence-electron chi connectivity index (χ1n) is 5.49. The third kappa shape index (κ3) is 1.87. The fraction of sp³-hybridized carbons (Fsp3) is 0.500. The molecule has 2 N–H and O–H groups in total. The molecule has 0 aliphatic heterocycles. The lowest BCUT2D eigenvalue weighted by Crippen LogP contribution is -2.19. The molecule has 0 heterocycles. The summed E-state index contributed by atoms with van der Waals surface area (Å²) in [5.74, 6) is 0. The molecule has 3 nitrogen and oxygen atoms in total. The van der Waals surface area contributed by atoms with Crippen LogP contribution >= 0.6 is 0 Å². The van der Waals surface area contributed by atoms with Crippen LogP contribution in [0.15, 0.2) is 24.3 Å². The van der Waals surface area contributed by atoms with Gasteiger partial charge in [-0.3, -0.25) is 0 Å². The Balaban J connectivity index is 2.29. The number of benzene rings is 1. The summed E-state index contributed by atoms with van der Waals surface area (Å²) in [6.45, 7) is 0.622. The zero-order valence-electron chi connectivity index (χ0n) is 9.44. The van der Waals surface area contributed by atoms with Crippen LogP contribution in [0.1, 0.15) is 24.0 Å². The molecular formula is C12H17NO2S. The Labute approximate surface area is 96.6 Å². The lowest BCUT2D eigenvalue weighted by Gasteiger charge is -2.13. The van der Waals surface area contributed by atoms with Crippen molar-refractivity contribution >= 4 is 9.84 Å². The molecule has 0 bridgehead atoms. The van der Waals surface area contributed by atoms with Gasteiger partial charge in [0.2, 0.25) is 0 Å². The van der Waals surface area contributed by atoms with Crippen molar-refractivity contribution in [3.05, 3.63) is 35.4 Å². The monoisotopic (exact) mass is 239 g/mol. The molecule has 0 amide bonds. The number of rotatable bonds is 4. The Bertz CT molecular complexity index is 472. The molecule has 1 aliphatic rings. The first-order chi connectivity index (χ1) is 7.49. The second-order valence-electron chi connectivity index (χ2n) is 4.50. The maximum Gasteiger partial charge on any atom is 0.157 e. The van der Waals surface area contributed by atoms with Crippen LogP contribution in [-0.4, -0.2) is 21.2 Å². The van der Waals surface area contributed by atoms with Crippen molar-refractivity contribution in [3.8, 4) is 0 Å². The van der Waals surface area contributed by atoms with E-state index >= 15 is 0 Å². The summed E-state index contributed by atoms with van der Waals surface area (Å²) in [7, 11) is -2.99. The van der Waals surface area contributed by atoms with E-state index in [0.717, 1.165) is 30.4 Å². The standard InChI is InChI=1S/C12H17NO2S/c1-16(14,15)12(7-8-12)11-4-2-10(3-5-11)6-9-13/h2-5H,6-9,13H2,1H3. The van der Waals surface area contributed by atoms with E-state index in [1.165, 1.54) is 6.26 Å². The summed E-state index contributed by atoms with van der Waals surface area (Å²) in [5, 5.41) is 0. The first kappa shape index (κ1) is 11.6. The smallest absolute Gasteiger partial charge is 0.157 e. The highest BCUT2D eigenvalue weighted by atomic mass is 32.2. The lowest BCUT2D eigenvalue weighted by molar-refractivity contribution is 0.586. The predicted octanol–water partition coefficient (Wildman–Crippen LogP) is 1.22. The van der Waals surface area contributed by atoms with E-state index in [4.69, 9.17) is 5.73 Å². The molecule has 16 heavy (non-hydrogen) atoms. The van der Waals surface area contributed by atoms with Gasteiger partial charge in [-0.05, 0) is 36.9 Å². The van der Waals surface area contributed by atoms with Gasteiger partial charge < -0.3 is 5.73 Å². The first-order valence-corrected chi connectivity index (χ1v) is 7.38.